The Bertz CT molecular complexity index is 1280. The van der Waals surface area contributed by atoms with Gasteiger partial charge in [-0.15, -0.1) is 0 Å². The maximum Gasteiger partial charge on any atom is 0.243 e. The summed E-state index contributed by atoms with van der Waals surface area (Å²) in [6.07, 6.45) is 0. The Balaban J connectivity index is 2.07. The molecule has 122 valence electrons. The van der Waals surface area contributed by atoms with Crippen molar-refractivity contribution in [2.45, 2.75) is 26.2 Å². The Hall–Kier alpha value is -3.08. The van der Waals surface area contributed by atoms with E-state index < -0.39 is 0 Å². The molecule has 3 aromatic carbocycles. The summed E-state index contributed by atoms with van der Waals surface area (Å²) in [4.78, 5) is 9.39. The van der Waals surface area contributed by atoms with Crippen LogP contribution in [-0.2, 0) is 5.41 Å². The van der Waals surface area contributed by atoms with E-state index >= 15 is 0 Å². The highest BCUT2D eigenvalue weighted by molar-refractivity contribution is 6.23. The van der Waals surface area contributed by atoms with Gasteiger partial charge in [-0.25, -0.2) is 14.6 Å². The molecule has 2 heterocycles. The average molecular weight is 328 g/mol. The molecule has 0 aliphatic heterocycles. The molecular weight excluding hydrogens is 312 g/mol. The second kappa shape index (κ2) is 4.72. The molecule has 0 amide bonds. The van der Waals surface area contributed by atoms with Crippen molar-refractivity contribution in [2.75, 3.05) is 0 Å². The maximum absolute atomic E-state index is 4.81. The minimum Gasteiger partial charge on any atom is -0.240 e. The van der Waals surface area contributed by atoms with Crippen molar-refractivity contribution in [2.24, 2.45) is 0 Å². The van der Waals surface area contributed by atoms with Gasteiger partial charge in [0.1, 0.15) is 0 Å². The summed E-state index contributed by atoms with van der Waals surface area (Å²) in [6.45, 7) is 6.63. The summed E-state index contributed by atoms with van der Waals surface area (Å²) < 4.78 is 4.81. The molecule has 25 heavy (non-hydrogen) atoms. The van der Waals surface area contributed by atoms with Crippen LogP contribution in [0, 0.1) is 0 Å². The Labute approximate surface area is 143 Å². The maximum atomic E-state index is 4.81. The topological polar surface area (TPSA) is 64.7 Å². The van der Waals surface area contributed by atoms with E-state index in [2.05, 4.69) is 72.5 Å². The molecule has 5 aromatic rings. The van der Waals surface area contributed by atoms with Gasteiger partial charge in [-0.3, -0.25) is 0 Å². The molecule has 0 atom stereocenters. The van der Waals surface area contributed by atoms with Gasteiger partial charge >= 0.3 is 0 Å². The Morgan fingerprint density at radius 3 is 2.00 bits per heavy atom. The molecule has 0 aliphatic carbocycles. The van der Waals surface area contributed by atoms with Gasteiger partial charge < -0.3 is 0 Å². The SMILES string of the molecule is CC(C)(C)c1ccc2c3ccccc3c3nc4nonc4nc3c2c1. The molecule has 5 rings (SSSR count). The highest BCUT2D eigenvalue weighted by atomic mass is 16.6. The highest BCUT2D eigenvalue weighted by Gasteiger charge is 2.18. The fourth-order valence-corrected chi connectivity index (χ4v) is 3.38. The van der Waals surface area contributed by atoms with Crippen LogP contribution in [0.25, 0.3) is 43.9 Å². The first kappa shape index (κ1) is 14.3. The lowest BCUT2D eigenvalue weighted by Gasteiger charge is -2.20. The van der Waals surface area contributed by atoms with Gasteiger partial charge in [0, 0.05) is 10.8 Å². The lowest BCUT2D eigenvalue weighted by molar-refractivity contribution is 0.314. The first-order valence-electron chi connectivity index (χ1n) is 8.27. The van der Waals surface area contributed by atoms with E-state index in [0.717, 1.165) is 27.2 Å². The summed E-state index contributed by atoms with van der Waals surface area (Å²) >= 11 is 0. The third-order valence-electron chi connectivity index (χ3n) is 4.73. The lowest BCUT2D eigenvalue weighted by Crippen LogP contribution is -2.10. The lowest BCUT2D eigenvalue weighted by atomic mass is 9.85. The molecular formula is C20H16N4O. The van der Waals surface area contributed by atoms with Crippen molar-refractivity contribution in [1.29, 1.82) is 0 Å². The summed E-state index contributed by atoms with van der Waals surface area (Å²) in [5.74, 6) is 0. The number of hydrogen-bond acceptors (Lipinski definition) is 5. The van der Waals surface area contributed by atoms with Crippen LogP contribution in [0.5, 0.6) is 0 Å². The van der Waals surface area contributed by atoms with Gasteiger partial charge in [0.25, 0.3) is 0 Å². The molecule has 0 saturated heterocycles. The van der Waals surface area contributed by atoms with Gasteiger partial charge in [-0.05, 0) is 38.1 Å². The predicted octanol–water partition coefficient (Wildman–Crippen LogP) is 4.77. The monoisotopic (exact) mass is 328 g/mol. The molecule has 2 aromatic heterocycles. The van der Waals surface area contributed by atoms with E-state index in [9.17, 15) is 0 Å². The quantitative estimate of drug-likeness (QED) is 0.383. The van der Waals surface area contributed by atoms with Crippen molar-refractivity contribution in [3.8, 4) is 0 Å². The van der Waals surface area contributed by atoms with Crippen molar-refractivity contribution < 1.29 is 4.63 Å². The number of fused-ring (bicyclic) bond motifs is 7. The zero-order chi connectivity index (χ0) is 17.2. The van der Waals surface area contributed by atoms with Gasteiger partial charge in [0.05, 0.1) is 11.0 Å². The van der Waals surface area contributed by atoms with Crippen molar-refractivity contribution in [1.82, 2.24) is 20.3 Å². The first-order chi connectivity index (χ1) is 12.0. The molecule has 0 saturated carbocycles. The van der Waals surface area contributed by atoms with Crippen LogP contribution in [0.15, 0.2) is 47.1 Å². The Morgan fingerprint density at radius 1 is 0.720 bits per heavy atom. The second-order valence-electron chi connectivity index (χ2n) is 7.39. The van der Waals surface area contributed by atoms with Crippen LogP contribution in [0.2, 0.25) is 0 Å². The third kappa shape index (κ3) is 2.02. The van der Waals surface area contributed by atoms with Crippen LogP contribution in [-0.4, -0.2) is 20.3 Å². The summed E-state index contributed by atoms with van der Waals surface area (Å²) in [6, 6.07) is 14.9. The van der Waals surface area contributed by atoms with Gasteiger partial charge in [-0.2, -0.15) is 0 Å². The number of benzene rings is 3. The van der Waals surface area contributed by atoms with Crippen LogP contribution in [0.1, 0.15) is 26.3 Å². The van der Waals surface area contributed by atoms with E-state index in [1.807, 2.05) is 6.07 Å². The molecule has 0 bridgehead atoms. The van der Waals surface area contributed by atoms with Crippen LogP contribution in [0.3, 0.4) is 0 Å². The predicted molar refractivity (Wildman–Crippen MR) is 98.6 cm³/mol. The van der Waals surface area contributed by atoms with E-state index in [0.29, 0.717) is 11.3 Å². The first-order valence-corrected chi connectivity index (χ1v) is 8.27. The van der Waals surface area contributed by atoms with E-state index in [1.165, 1.54) is 10.9 Å². The largest absolute Gasteiger partial charge is 0.243 e. The number of nitrogens with zero attached hydrogens (tertiary/aromatic N) is 4. The van der Waals surface area contributed by atoms with E-state index in [-0.39, 0.29) is 5.41 Å². The average Bonchev–Trinajstić information content (AvgIpc) is 3.07. The van der Waals surface area contributed by atoms with E-state index in [1.54, 1.807) is 0 Å². The number of hydrogen-bond donors (Lipinski definition) is 0. The van der Waals surface area contributed by atoms with Gasteiger partial charge in [0.2, 0.25) is 11.3 Å². The Kier molecular flexibility index (Phi) is 2.70. The van der Waals surface area contributed by atoms with E-state index in [4.69, 9.17) is 9.61 Å². The van der Waals surface area contributed by atoms with Crippen molar-refractivity contribution >= 4 is 43.9 Å². The van der Waals surface area contributed by atoms with Crippen molar-refractivity contribution in [3.63, 3.8) is 0 Å². The molecule has 0 spiro atoms. The van der Waals surface area contributed by atoms with Crippen LogP contribution >= 0.6 is 0 Å². The second-order valence-corrected chi connectivity index (χ2v) is 7.39. The molecule has 0 unspecified atom stereocenters. The fraction of sp³-hybridized carbons (Fsp3) is 0.200. The number of aromatic nitrogens is 4. The van der Waals surface area contributed by atoms with Crippen LogP contribution in [0.4, 0.5) is 0 Å². The minimum atomic E-state index is 0.0547. The smallest absolute Gasteiger partial charge is 0.240 e. The molecule has 0 fully saturated rings. The summed E-state index contributed by atoms with van der Waals surface area (Å²) in [5.41, 5.74) is 3.85. The normalized spacial score (nSPS) is 12.6. The fourth-order valence-electron chi connectivity index (χ4n) is 3.38. The zero-order valence-corrected chi connectivity index (χ0v) is 14.2. The van der Waals surface area contributed by atoms with Crippen molar-refractivity contribution in [3.05, 3.63) is 48.0 Å². The molecule has 0 aliphatic rings. The van der Waals surface area contributed by atoms with Gasteiger partial charge in [0.15, 0.2) is 0 Å². The Morgan fingerprint density at radius 2 is 1.32 bits per heavy atom. The third-order valence-corrected chi connectivity index (χ3v) is 4.73. The highest BCUT2D eigenvalue weighted by Crippen LogP contribution is 2.36. The zero-order valence-electron chi connectivity index (χ0n) is 14.2. The number of rotatable bonds is 0. The van der Waals surface area contributed by atoms with Gasteiger partial charge in [-0.1, -0.05) is 57.2 Å². The molecule has 0 radical (unpaired) electrons. The summed E-state index contributed by atoms with van der Waals surface area (Å²) in [7, 11) is 0. The molecule has 0 N–H and O–H groups in total. The minimum absolute atomic E-state index is 0.0547. The summed E-state index contributed by atoms with van der Waals surface area (Å²) in [5, 5.41) is 12.2. The standard InChI is InChI=1S/C20H16N4O/c1-20(2,3)11-8-9-13-12-6-4-5-7-14(12)16-17(15(13)10-11)22-19-18(21-16)23-25-24-19/h4-10H,1-3H3. The molecule has 5 nitrogen and oxygen atoms in total. The molecule has 5 heteroatoms. The van der Waals surface area contributed by atoms with Crippen LogP contribution < -0.4 is 0 Å².